The number of amides is 2. The van der Waals surface area contributed by atoms with E-state index >= 15 is 0 Å². The number of aromatic nitrogens is 2. The number of nitrogens with two attached hydrogens (primary N) is 1. The van der Waals surface area contributed by atoms with Crippen LogP contribution in [0.5, 0.6) is 0 Å². The van der Waals surface area contributed by atoms with Crippen LogP contribution in [-0.2, 0) is 0 Å². The smallest absolute Gasteiger partial charge is 0.268 e. The van der Waals surface area contributed by atoms with Gasteiger partial charge >= 0.3 is 0 Å². The van der Waals surface area contributed by atoms with Gasteiger partial charge in [0.25, 0.3) is 11.8 Å². The number of rotatable bonds is 9. The first-order valence-corrected chi connectivity index (χ1v) is 11.8. The largest absolute Gasteiger partial charge is 0.392 e. The second-order valence-corrected chi connectivity index (χ2v) is 9.34. The van der Waals surface area contributed by atoms with Gasteiger partial charge in [-0.15, -0.1) is 0 Å². The molecule has 2 unspecified atom stereocenters. The van der Waals surface area contributed by atoms with Gasteiger partial charge in [-0.3, -0.25) is 9.59 Å². The quantitative estimate of drug-likeness (QED) is 0.510. The Bertz CT molecular complexity index is 1010. The van der Waals surface area contributed by atoms with Crippen molar-refractivity contribution in [1.82, 2.24) is 19.8 Å². The van der Waals surface area contributed by atoms with Crippen LogP contribution < -0.4 is 11.1 Å². The molecule has 2 saturated heterocycles. The van der Waals surface area contributed by atoms with Gasteiger partial charge in [-0.2, -0.15) is 0 Å². The zero-order valence-electron chi connectivity index (χ0n) is 19.8. The average Bonchev–Trinajstić information content (AvgIpc) is 3.36. The predicted molar refractivity (Wildman–Crippen MR) is 129 cm³/mol. The van der Waals surface area contributed by atoms with Gasteiger partial charge in [-0.05, 0) is 50.6 Å². The fraction of sp³-hybridized carbons (Fsp3) is 0.480. The Labute approximate surface area is 200 Å². The van der Waals surface area contributed by atoms with Gasteiger partial charge in [0.15, 0.2) is 0 Å². The van der Waals surface area contributed by atoms with Crippen molar-refractivity contribution in [2.24, 2.45) is 17.6 Å². The summed E-state index contributed by atoms with van der Waals surface area (Å²) in [7, 11) is 0. The van der Waals surface area contributed by atoms with Gasteiger partial charge in [0.2, 0.25) is 5.95 Å². The molecule has 4 N–H and O–H groups in total. The van der Waals surface area contributed by atoms with Crippen LogP contribution in [0.2, 0.25) is 0 Å². The third kappa shape index (κ3) is 5.53. The maximum Gasteiger partial charge on any atom is 0.268 e. The molecule has 2 aliphatic heterocycles. The molecule has 0 spiro atoms. The van der Waals surface area contributed by atoms with E-state index in [1.54, 1.807) is 13.8 Å². The first kappa shape index (κ1) is 24.1. The lowest BCUT2D eigenvalue weighted by Crippen LogP contribution is -2.36. The molecule has 3 atom stereocenters. The zero-order chi connectivity index (χ0) is 24.2. The molecule has 0 saturated carbocycles. The Morgan fingerprint density at radius 2 is 1.85 bits per heavy atom. The molecule has 4 rings (SSSR count). The van der Waals surface area contributed by atoms with Gasteiger partial charge < -0.3 is 26.0 Å². The Hall–Kier alpha value is -3.04. The molecule has 2 fully saturated rings. The van der Waals surface area contributed by atoms with Crippen LogP contribution in [0.15, 0.2) is 30.3 Å². The molecule has 3 heterocycles. The number of hydrogen-bond donors (Lipinski definition) is 3. The second-order valence-electron chi connectivity index (χ2n) is 9.34. The number of primary amides is 1. The monoisotopic (exact) mass is 465 g/mol. The summed E-state index contributed by atoms with van der Waals surface area (Å²) >= 11 is 0. The summed E-state index contributed by atoms with van der Waals surface area (Å²) in [6.07, 6.45) is 2.65. The van der Waals surface area contributed by atoms with Crippen molar-refractivity contribution in [3.63, 3.8) is 0 Å². The molecule has 2 amide bonds. The van der Waals surface area contributed by atoms with E-state index in [1.165, 1.54) is 5.56 Å². The summed E-state index contributed by atoms with van der Waals surface area (Å²) in [5.74, 6) is 0.00252. The first-order chi connectivity index (χ1) is 16.3. The first-order valence-electron chi connectivity index (χ1n) is 11.8. The number of aryl methyl sites for hydroxylation is 1. The van der Waals surface area contributed by atoms with E-state index in [0.717, 1.165) is 26.1 Å². The van der Waals surface area contributed by atoms with Gasteiger partial charge in [0.1, 0.15) is 5.69 Å². The number of nitrogens with zero attached hydrogens (tertiary/aromatic N) is 4. The number of fused-ring (bicyclic) bond motifs is 1. The minimum atomic E-state index is -0.769. The highest BCUT2D eigenvalue weighted by Gasteiger charge is 2.42. The Balaban J connectivity index is 1.36. The van der Waals surface area contributed by atoms with Gasteiger partial charge in [0.05, 0.1) is 17.4 Å². The third-order valence-corrected chi connectivity index (χ3v) is 6.57. The molecule has 1 radical (unpaired) electrons. The van der Waals surface area contributed by atoms with Gasteiger partial charge in [0, 0.05) is 32.7 Å². The van der Waals surface area contributed by atoms with Crippen LogP contribution in [0.25, 0.3) is 0 Å². The summed E-state index contributed by atoms with van der Waals surface area (Å²) in [5.41, 5.74) is 7.29. The van der Waals surface area contributed by atoms with Crippen molar-refractivity contribution in [1.29, 1.82) is 0 Å². The number of likely N-dealkylation sites (tertiary alicyclic amines) is 2. The lowest BCUT2D eigenvalue weighted by Gasteiger charge is -2.23. The highest BCUT2D eigenvalue weighted by molar-refractivity contribution is 6.06. The van der Waals surface area contributed by atoms with E-state index in [-0.39, 0.29) is 29.7 Å². The second kappa shape index (κ2) is 10.5. The zero-order valence-corrected chi connectivity index (χ0v) is 19.8. The number of aliphatic hydroxyl groups excluding tert-OH is 1. The van der Waals surface area contributed by atoms with Crippen LogP contribution in [0.1, 0.15) is 45.4 Å². The van der Waals surface area contributed by atoms with Crippen molar-refractivity contribution in [3.05, 3.63) is 59.3 Å². The highest BCUT2D eigenvalue weighted by Crippen LogP contribution is 2.32. The Kier molecular flexibility index (Phi) is 7.43. The summed E-state index contributed by atoms with van der Waals surface area (Å²) in [6, 6.07) is 10.4. The number of anilines is 1. The maximum absolute atomic E-state index is 13.4. The molecule has 2 aliphatic rings. The van der Waals surface area contributed by atoms with Crippen LogP contribution >= 0.6 is 0 Å². The number of hydrogen-bond acceptors (Lipinski definition) is 7. The molecule has 0 bridgehead atoms. The fourth-order valence-corrected chi connectivity index (χ4v) is 4.92. The van der Waals surface area contributed by atoms with Crippen LogP contribution in [0.3, 0.4) is 0 Å². The van der Waals surface area contributed by atoms with Crippen LogP contribution in [-0.4, -0.2) is 82.1 Å². The van der Waals surface area contributed by atoms with E-state index in [4.69, 9.17) is 5.73 Å². The predicted octanol–water partition coefficient (Wildman–Crippen LogP) is 1.32. The van der Waals surface area contributed by atoms with E-state index in [2.05, 4.69) is 38.7 Å². The standard InChI is InChI=1S/C25H33N6O3/c1-16(32)11-27-25-28-17(2)21(22(29-25)23(26)33)24(34)31-14-19-12-30(13-20(19)15-31)10-6-9-18-7-4-3-5-8-18/h3-5,7-9,16,19-20,32H,6,10-15H2,1-2H3,(H2,26,33)(H,27,28,29)/t16-,19?,20?/m0/s1. The molecular weight excluding hydrogens is 432 g/mol. The topological polar surface area (TPSA) is 125 Å². The SMILES string of the molecule is Cc1nc(NC[C@H](C)O)nc(C(N)=O)c1C(=O)N1CC2CN(CC[CH]c3ccccc3)CC2C1. The molecule has 1 aromatic carbocycles. The van der Waals surface area contributed by atoms with E-state index in [9.17, 15) is 14.7 Å². The van der Waals surface area contributed by atoms with Crippen molar-refractivity contribution < 1.29 is 14.7 Å². The molecule has 0 aliphatic carbocycles. The van der Waals surface area contributed by atoms with Crippen molar-refractivity contribution >= 4 is 17.8 Å². The number of benzene rings is 1. The lowest BCUT2D eigenvalue weighted by atomic mass is 10.0. The average molecular weight is 466 g/mol. The Morgan fingerprint density at radius 1 is 1.18 bits per heavy atom. The molecule has 2 aromatic rings. The number of nitrogens with one attached hydrogen (secondary N) is 1. The van der Waals surface area contributed by atoms with Crippen LogP contribution in [0, 0.1) is 25.2 Å². The van der Waals surface area contributed by atoms with Crippen molar-refractivity contribution in [2.45, 2.75) is 26.4 Å². The summed E-state index contributed by atoms with van der Waals surface area (Å²) in [4.78, 5) is 38.3. The summed E-state index contributed by atoms with van der Waals surface area (Å²) < 4.78 is 0. The van der Waals surface area contributed by atoms with E-state index in [0.29, 0.717) is 30.6 Å². The van der Waals surface area contributed by atoms with Crippen molar-refractivity contribution in [2.75, 3.05) is 44.6 Å². The molecule has 9 heteroatoms. The summed E-state index contributed by atoms with van der Waals surface area (Å²) in [6.45, 7) is 7.78. The van der Waals surface area contributed by atoms with Crippen molar-refractivity contribution in [3.8, 4) is 0 Å². The third-order valence-electron chi connectivity index (χ3n) is 6.57. The minimum absolute atomic E-state index is 0.0827. The summed E-state index contributed by atoms with van der Waals surface area (Å²) in [5, 5.41) is 12.3. The number of carbonyl (C=O) groups excluding carboxylic acids is 2. The normalized spacial score (nSPS) is 20.9. The van der Waals surface area contributed by atoms with Gasteiger partial charge in [-0.25, -0.2) is 9.97 Å². The van der Waals surface area contributed by atoms with E-state index < -0.39 is 12.0 Å². The fourth-order valence-electron chi connectivity index (χ4n) is 4.92. The number of aliphatic hydroxyl groups is 1. The maximum atomic E-state index is 13.4. The lowest BCUT2D eigenvalue weighted by molar-refractivity contribution is 0.0766. The highest BCUT2D eigenvalue weighted by atomic mass is 16.3. The minimum Gasteiger partial charge on any atom is -0.392 e. The molecule has 34 heavy (non-hydrogen) atoms. The molecule has 1 aromatic heterocycles. The van der Waals surface area contributed by atoms with E-state index in [1.807, 2.05) is 23.1 Å². The number of carbonyl (C=O) groups is 2. The van der Waals surface area contributed by atoms with Gasteiger partial charge in [-0.1, -0.05) is 30.3 Å². The molecule has 181 valence electrons. The Morgan fingerprint density at radius 3 is 2.47 bits per heavy atom. The van der Waals surface area contributed by atoms with Crippen LogP contribution in [0.4, 0.5) is 5.95 Å². The molecule has 9 nitrogen and oxygen atoms in total. The molecular formula is C25H33N6O3.